The lowest BCUT2D eigenvalue weighted by Gasteiger charge is -2.20. The SMILES string of the molecule is C[C@@H](CC(=O)OC(C)(C)C)Cn1nnc(-c2ccc(Oc3ccc(Cl)cc3)cc2)n1.Clc1ccc(Oc2ccc(-c3nn[nH]n3)cc2)cc1. The van der Waals surface area contributed by atoms with E-state index in [-0.39, 0.29) is 11.9 Å². The van der Waals surface area contributed by atoms with Gasteiger partial charge in [0.2, 0.25) is 11.6 Å². The number of ether oxygens (including phenoxy) is 3. The van der Waals surface area contributed by atoms with Crippen molar-refractivity contribution < 1.29 is 19.0 Å². The van der Waals surface area contributed by atoms with E-state index in [4.69, 9.17) is 37.4 Å². The summed E-state index contributed by atoms with van der Waals surface area (Å²) in [6.45, 7) is 7.99. The number of rotatable bonds is 10. The zero-order chi connectivity index (χ0) is 34.8. The Labute approximate surface area is 293 Å². The number of H-pyrrole nitrogens is 1. The number of aromatic amines is 1. The monoisotopic (exact) mass is 700 g/mol. The van der Waals surface area contributed by atoms with Gasteiger partial charge >= 0.3 is 5.97 Å². The van der Waals surface area contributed by atoms with Gasteiger partial charge < -0.3 is 14.2 Å². The number of carbonyl (C=O) groups excluding carboxylic acids is 1. The maximum Gasteiger partial charge on any atom is 0.306 e. The Morgan fingerprint density at radius 1 is 0.735 bits per heavy atom. The van der Waals surface area contributed by atoms with Crippen LogP contribution in [0.3, 0.4) is 0 Å². The van der Waals surface area contributed by atoms with Gasteiger partial charge in [0.1, 0.15) is 28.6 Å². The summed E-state index contributed by atoms with van der Waals surface area (Å²) in [6.07, 6.45) is 0.297. The molecule has 0 aliphatic heterocycles. The van der Waals surface area contributed by atoms with E-state index in [1.807, 2.05) is 100 Å². The van der Waals surface area contributed by atoms with Crippen molar-refractivity contribution in [2.75, 3.05) is 0 Å². The quantitative estimate of drug-likeness (QED) is 0.138. The summed E-state index contributed by atoms with van der Waals surface area (Å²) in [6, 6.07) is 29.2. The predicted molar refractivity (Wildman–Crippen MR) is 186 cm³/mol. The third-order valence-electron chi connectivity index (χ3n) is 6.53. The maximum atomic E-state index is 12.0. The zero-order valence-corrected chi connectivity index (χ0v) is 28.8. The van der Waals surface area contributed by atoms with Crippen LogP contribution in [-0.2, 0) is 16.1 Å². The van der Waals surface area contributed by atoms with Crippen LogP contribution in [0.2, 0.25) is 10.0 Å². The molecule has 0 saturated heterocycles. The second-order valence-electron chi connectivity index (χ2n) is 12.0. The number of nitrogens with zero attached hydrogens (tertiary/aromatic N) is 7. The lowest BCUT2D eigenvalue weighted by atomic mass is 10.1. The Morgan fingerprint density at radius 2 is 1.20 bits per heavy atom. The minimum absolute atomic E-state index is 0.0250. The van der Waals surface area contributed by atoms with E-state index in [0.29, 0.717) is 46.2 Å². The van der Waals surface area contributed by atoms with Crippen LogP contribution in [-0.4, -0.2) is 52.4 Å². The second kappa shape index (κ2) is 16.2. The molecule has 6 rings (SSSR count). The van der Waals surface area contributed by atoms with Crippen molar-refractivity contribution >= 4 is 29.2 Å². The highest BCUT2D eigenvalue weighted by Gasteiger charge is 2.19. The number of hydrogen-bond donors (Lipinski definition) is 1. The number of esters is 1. The van der Waals surface area contributed by atoms with E-state index < -0.39 is 5.60 Å². The summed E-state index contributed by atoms with van der Waals surface area (Å²) in [5, 5.41) is 27.7. The van der Waals surface area contributed by atoms with E-state index in [1.54, 1.807) is 24.3 Å². The molecule has 12 nitrogen and oxygen atoms in total. The Kier molecular flexibility index (Phi) is 11.6. The minimum atomic E-state index is -0.487. The van der Waals surface area contributed by atoms with Crippen LogP contribution in [0.1, 0.15) is 34.1 Å². The van der Waals surface area contributed by atoms with E-state index in [0.717, 1.165) is 22.6 Å². The Bertz CT molecular complexity index is 1910. The lowest BCUT2D eigenvalue weighted by molar-refractivity contribution is -0.155. The number of hydrogen-bond acceptors (Lipinski definition) is 10. The number of tetrazole rings is 2. The molecule has 0 amide bonds. The highest BCUT2D eigenvalue weighted by atomic mass is 35.5. The summed E-state index contributed by atoms with van der Waals surface area (Å²) >= 11 is 11.7. The first-order chi connectivity index (χ1) is 23.5. The molecule has 2 heterocycles. The largest absolute Gasteiger partial charge is 0.460 e. The molecule has 0 fully saturated rings. The van der Waals surface area contributed by atoms with Crippen molar-refractivity contribution in [2.24, 2.45) is 5.92 Å². The van der Waals surface area contributed by atoms with Crippen LogP contribution < -0.4 is 9.47 Å². The molecule has 0 radical (unpaired) electrons. The standard InChI is InChI=1S/C22H25ClN4O3.C13H9ClN4O/c1-15(13-20(28)30-22(2,3)4)14-27-25-21(24-26-27)16-5-9-18(10-6-16)29-19-11-7-17(23)8-12-19;14-10-3-7-12(8-4-10)19-11-5-1-9(2-6-11)13-15-17-18-16-13/h5-12,15H,13-14H2,1-4H3;1-8H,(H,15,16,17,18)/t15-;/m0./s1. The van der Waals surface area contributed by atoms with Gasteiger partial charge in [0, 0.05) is 27.6 Å². The van der Waals surface area contributed by atoms with Crippen molar-refractivity contribution in [1.29, 1.82) is 0 Å². The molecule has 0 aliphatic carbocycles. The van der Waals surface area contributed by atoms with Crippen molar-refractivity contribution in [3.63, 3.8) is 0 Å². The van der Waals surface area contributed by atoms with Crippen molar-refractivity contribution in [3.8, 4) is 45.8 Å². The molecule has 0 saturated carbocycles. The minimum Gasteiger partial charge on any atom is -0.460 e. The number of benzene rings is 4. The lowest BCUT2D eigenvalue weighted by Crippen LogP contribution is -2.25. The van der Waals surface area contributed by atoms with Crippen molar-refractivity contribution in [3.05, 3.63) is 107 Å². The Morgan fingerprint density at radius 3 is 1.65 bits per heavy atom. The maximum absolute atomic E-state index is 12.0. The summed E-state index contributed by atoms with van der Waals surface area (Å²) in [5.41, 5.74) is 1.21. The summed E-state index contributed by atoms with van der Waals surface area (Å²) in [5.74, 6) is 3.72. The summed E-state index contributed by atoms with van der Waals surface area (Å²) in [4.78, 5) is 13.5. The smallest absolute Gasteiger partial charge is 0.306 e. The van der Waals surface area contributed by atoms with E-state index in [9.17, 15) is 4.79 Å². The van der Waals surface area contributed by atoms with Gasteiger partial charge in [0.05, 0.1) is 6.54 Å². The molecule has 1 N–H and O–H groups in total. The average molecular weight is 702 g/mol. The molecular formula is C35H34Cl2N8O4. The highest BCUT2D eigenvalue weighted by molar-refractivity contribution is 6.30. The third kappa shape index (κ3) is 11.1. The van der Waals surface area contributed by atoms with Crippen LogP contribution >= 0.6 is 23.2 Å². The van der Waals surface area contributed by atoms with E-state index in [2.05, 4.69) is 36.0 Å². The normalized spacial score (nSPS) is 11.6. The summed E-state index contributed by atoms with van der Waals surface area (Å²) < 4.78 is 16.8. The number of nitrogens with one attached hydrogen (secondary N) is 1. The molecular weight excluding hydrogens is 667 g/mol. The van der Waals surface area contributed by atoms with E-state index in [1.165, 1.54) is 4.80 Å². The van der Waals surface area contributed by atoms with Crippen LogP contribution in [0.5, 0.6) is 23.0 Å². The molecule has 49 heavy (non-hydrogen) atoms. The van der Waals surface area contributed by atoms with Gasteiger partial charge in [-0.2, -0.15) is 10.0 Å². The first-order valence-corrected chi connectivity index (χ1v) is 16.1. The molecule has 0 aliphatic rings. The first kappa shape index (κ1) is 35.0. The van der Waals surface area contributed by atoms with Gasteiger partial charge in [0.25, 0.3) is 0 Å². The van der Waals surface area contributed by atoms with Gasteiger partial charge in [-0.15, -0.1) is 20.4 Å². The average Bonchev–Trinajstić information content (AvgIpc) is 3.77. The zero-order valence-electron chi connectivity index (χ0n) is 27.2. The molecule has 0 unspecified atom stereocenters. The molecule has 0 bridgehead atoms. The number of aromatic nitrogens is 8. The number of halogens is 2. The van der Waals surface area contributed by atoms with Crippen molar-refractivity contribution in [2.45, 2.75) is 46.3 Å². The van der Waals surface area contributed by atoms with Crippen molar-refractivity contribution in [1.82, 2.24) is 40.8 Å². The molecule has 14 heteroatoms. The van der Waals surface area contributed by atoms with Crippen LogP contribution in [0.25, 0.3) is 22.8 Å². The predicted octanol–water partition coefficient (Wildman–Crippen LogP) is 8.47. The molecule has 1 atom stereocenters. The molecule has 2 aromatic heterocycles. The van der Waals surface area contributed by atoms with Crippen LogP contribution in [0.4, 0.5) is 0 Å². The molecule has 252 valence electrons. The Balaban J connectivity index is 0.000000211. The van der Waals surface area contributed by atoms with Gasteiger partial charge in [-0.05, 0) is 134 Å². The third-order valence-corrected chi connectivity index (χ3v) is 7.04. The second-order valence-corrected chi connectivity index (χ2v) is 12.8. The fourth-order valence-corrected chi connectivity index (χ4v) is 4.60. The van der Waals surface area contributed by atoms with Gasteiger partial charge in [0.15, 0.2) is 0 Å². The number of carbonyl (C=O) groups is 1. The fourth-order valence-electron chi connectivity index (χ4n) is 4.35. The molecule has 4 aromatic carbocycles. The summed E-state index contributed by atoms with van der Waals surface area (Å²) in [7, 11) is 0. The van der Waals surface area contributed by atoms with Gasteiger partial charge in [-0.3, -0.25) is 4.79 Å². The highest BCUT2D eigenvalue weighted by Crippen LogP contribution is 2.27. The molecule has 0 spiro atoms. The molecule has 6 aromatic rings. The van der Waals surface area contributed by atoms with Crippen LogP contribution in [0.15, 0.2) is 97.1 Å². The van der Waals surface area contributed by atoms with Crippen LogP contribution in [0, 0.1) is 5.92 Å². The first-order valence-electron chi connectivity index (χ1n) is 15.3. The topological polar surface area (TPSA) is 143 Å². The Hall–Kier alpha value is -5.33. The van der Waals surface area contributed by atoms with Gasteiger partial charge in [-0.25, -0.2) is 0 Å². The fraction of sp³-hybridized carbons (Fsp3) is 0.229. The van der Waals surface area contributed by atoms with E-state index >= 15 is 0 Å². The van der Waals surface area contributed by atoms with Gasteiger partial charge in [-0.1, -0.05) is 30.1 Å².